The second-order valence-corrected chi connectivity index (χ2v) is 5.43. The molecule has 0 atom stereocenters. The maximum atomic E-state index is 6.17. The number of hydrogen-bond donors (Lipinski definition) is 0. The quantitative estimate of drug-likeness (QED) is 0.500. The Morgan fingerprint density at radius 3 is 2.81 bits per heavy atom. The molecule has 0 fully saturated rings. The Morgan fingerprint density at radius 1 is 1.19 bits per heavy atom. The lowest BCUT2D eigenvalue weighted by molar-refractivity contribution is 0.640. The molecule has 0 aliphatic carbocycles. The van der Waals surface area contributed by atoms with Crippen LogP contribution in [0.15, 0.2) is 24.5 Å². The largest absolute Gasteiger partial charge is 0.300 e. The number of fused-ring (bicyclic) bond motifs is 5. The molecule has 0 radical (unpaired) electrons. The third-order valence-electron chi connectivity index (χ3n) is 3.75. The highest BCUT2D eigenvalue weighted by Gasteiger charge is 2.23. The zero-order valence-corrected chi connectivity index (χ0v) is 11.9. The molecule has 6 heteroatoms. The number of rotatable bonds is 0. The van der Waals surface area contributed by atoms with E-state index in [0.29, 0.717) is 11.6 Å². The topological polar surface area (TPSA) is 48.5 Å². The van der Waals surface area contributed by atoms with Crippen molar-refractivity contribution in [2.45, 2.75) is 27.8 Å². The summed E-state index contributed by atoms with van der Waals surface area (Å²) in [6.07, 6.45) is 1.85. The van der Waals surface area contributed by atoms with Crippen molar-refractivity contribution in [3.05, 3.63) is 46.6 Å². The Kier molecular flexibility index (Phi) is 3.10. The van der Waals surface area contributed by atoms with Crippen LogP contribution in [0.4, 0.5) is 0 Å². The Hall–Kier alpha value is -2.14. The number of aromatic nitrogens is 5. The van der Waals surface area contributed by atoms with Crippen molar-refractivity contribution >= 4 is 11.6 Å². The monoisotopic (exact) mass is 301 g/mol. The number of hydrogen-bond acceptors (Lipinski definition) is 3. The highest BCUT2D eigenvalue weighted by atomic mass is 35.5. The number of imidazole rings is 1. The summed E-state index contributed by atoms with van der Waals surface area (Å²) in [7, 11) is 0. The normalized spacial score (nSPS) is 12.0. The molecular weight excluding hydrogens is 286 g/mol. The van der Waals surface area contributed by atoms with Crippen LogP contribution in [0.2, 0.25) is 5.02 Å². The maximum Gasteiger partial charge on any atom is 0.0998 e. The molecule has 0 saturated carbocycles. The zero-order chi connectivity index (χ0) is 13.9. The van der Waals surface area contributed by atoms with Gasteiger partial charge in [-0.25, -0.2) is 9.67 Å². The van der Waals surface area contributed by atoms with E-state index >= 15 is 0 Å². The van der Waals surface area contributed by atoms with E-state index in [4.69, 9.17) is 11.6 Å². The van der Waals surface area contributed by atoms with Gasteiger partial charge in [-0.3, -0.25) is 0 Å². The van der Waals surface area contributed by atoms with Crippen LogP contribution in [-0.2, 0) is 6.54 Å². The van der Waals surface area contributed by atoms with Crippen LogP contribution in [0, 0.1) is 13.8 Å². The molecule has 1 aliphatic heterocycles. The van der Waals surface area contributed by atoms with Gasteiger partial charge >= 0.3 is 0 Å². The average molecular weight is 302 g/mol. The second-order valence-electron chi connectivity index (χ2n) is 4.99. The van der Waals surface area contributed by atoms with E-state index in [-0.39, 0.29) is 7.43 Å². The lowest BCUT2D eigenvalue weighted by Crippen LogP contribution is -2.05. The van der Waals surface area contributed by atoms with Crippen molar-refractivity contribution in [3.63, 3.8) is 0 Å². The summed E-state index contributed by atoms with van der Waals surface area (Å²) >= 11 is 6.17. The molecule has 21 heavy (non-hydrogen) atoms. The van der Waals surface area contributed by atoms with Gasteiger partial charge in [-0.15, -0.1) is 5.10 Å². The first-order valence-corrected chi connectivity index (χ1v) is 6.76. The van der Waals surface area contributed by atoms with E-state index in [9.17, 15) is 0 Å². The SMILES string of the molecule is C.Cc1ncn2c1Cn1nnc(C)c1-c1cc(Cl)ccc1-2. The van der Waals surface area contributed by atoms with Crippen molar-refractivity contribution in [3.8, 4) is 16.9 Å². The van der Waals surface area contributed by atoms with Crippen molar-refractivity contribution in [1.82, 2.24) is 24.5 Å². The van der Waals surface area contributed by atoms with Crippen LogP contribution in [-0.4, -0.2) is 24.5 Å². The van der Waals surface area contributed by atoms with E-state index in [0.717, 1.165) is 34.0 Å². The van der Waals surface area contributed by atoms with Gasteiger partial charge in [0.1, 0.15) is 0 Å². The van der Waals surface area contributed by atoms with E-state index in [2.05, 4.69) is 19.9 Å². The summed E-state index contributed by atoms with van der Waals surface area (Å²) in [5, 5.41) is 9.15. The smallest absolute Gasteiger partial charge is 0.0998 e. The highest BCUT2D eigenvalue weighted by Crippen LogP contribution is 2.35. The minimum Gasteiger partial charge on any atom is -0.300 e. The van der Waals surface area contributed by atoms with Gasteiger partial charge in [-0.2, -0.15) is 0 Å². The van der Waals surface area contributed by atoms with Crippen LogP contribution in [0.5, 0.6) is 0 Å². The minimum absolute atomic E-state index is 0. The molecule has 5 nitrogen and oxygen atoms in total. The molecule has 0 bridgehead atoms. The molecule has 108 valence electrons. The molecular formula is C15H16ClN5. The van der Waals surface area contributed by atoms with Crippen LogP contribution in [0.25, 0.3) is 16.9 Å². The van der Waals surface area contributed by atoms with E-state index in [1.165, 1.54) is 0 Å². The summed E-state index contributed by atoms with van der Waals surface area (Å²) in [5.41, 5.74) is 6.16. The predicted octanol–water partition coefficient (Wildman–Crippen LogP) is 3.40. The first kappa shape index (κ1) is 13.8. The maximum absolute atomic E-state index is 6.17. The molecule has 0 amide bonds. The fourth-order valence-corrected chi connectivity index (χ4v) is 2.93. The number of benzene rings is 1. The molecule has 4 rings (SSSR count). The Balaban J connectivity index is 0.00000132. The number of aryl methyl sites for hydroxylation is 2. The molecule has 0 N–H and O–H groups in total. The van der Waals surface area contributed by atoms with Crippen molar-refractivity contribution in [2.24, 2.45) is 0 Å². The van der Waals surface area contributed by atoms with Crippen molar-refractivity contribution in [2.75, 3.05) is 0 Å². The Labute approximate surface area is 128 Å². The minimum atomic E-state index is 0. The van der Waals surface area contributed by atoms with Crippen LogP contribution in [0.1, 0.15) is 24.5 Å². The van der Waals surface area contributed by atoms with Gasteiger partial charge < -0.3 is 4.57 Å². The zero-order valence-electron chi connectivity index (χ0n) is 11.1. The first-order chi connectivity index (χ1) is 9.65. The summed E-state index contributed by atoms with van der Waals surface area (Å²) in [6, 6.07) is 5.88. The molecule has 0 unspecified atom stereocenters. The molecule has 2 aromatic heterocycles. The van der Waals surface area contributed by atoms with E-state index < -0.39 is 0 Å². The molecule has 0 saturated heterocycles. The standard InChI is InChI=1S/C14H12ClN5.CH4/c1-8-13-6-20-14(9(2)17-18-20)11-5-10(15)3-4-12(11)19(13)7-16-8;/h3-5,7H,6H2,1-2H3;1H4. The van der Waals surface area contributed by atoms with Crippen molar-refractivity contribution < 1.29 is 0 Å². The van der Waals surface area contributed by atoms with Crippen LogP contribution >= 0.6 is 11.6 Å². The average Bonchev–Trinajstić information content (AvgIpc) is 2.91. The molecule has 0 spiro atoms. The molecule has 1 aliphatic rings. The summed E-state index contributed by atoms with van der Waals surface area (Å²) < 4.78 is 4.02. The lowest BCUT2D eigenvalue weighted by Gasteiger charge is -2.09. The van der Waals surface area contributed by atoms with Gasteiger partial charge in [0.25, 0.3) is 0 Å². The Bertz CT molecular complexity index is 831. The van der Waals surface area contributed by atoms with E-state index in [1.807, 2.05) is 43.1 Å². The highest BCUT2D eigenvalue weighted by molar-refractivity contribution is 6.31. The van der Waals surface area contributed by atoms with Gasteiger partial charge in [0, 0.05) is 10.6 Å². The predicted molar refractivity (Wildman–Crippen MR) is 82.9 cm³/mol. The summed E-state index contributed by atoms with van der Waals surface area (Å²) in [5.74, 6) is 0. The molecule has 3 aromatic rings. The van der Waals surface area contributed by atoms with Gasteiger partial charge in [0.2, 0.25) is 0 Å². The van der Waals surface area contributed by atoms with Gasteiger partial charge in [0.05, 0.1) is 41.3 Å². The molecule has 3 heterocycles. The van der Waals surface area contributed by atoms with E-state index in [1.54, 1.807) is 0 Å². The lowest BCUT2D eigenvalue weighted by atomic mass is 10.1. The van der Waals surface area contributed by atoms with Crippen molar-refractivity contribution in [1.29, 1.82) is 0 Å². The molecule has 1 aromatic carbocycles. The number of halogens is 1. The summed E-state index contributed by atoms with van der Waals surface area (Å²) in [4.78, 5) is 4.41. The van der Waals surface area contributed by atoms with Gasteiger partial charge in [-0.1, -0.05) is 24.2 Å². The fourth-order valence-electron chi connectivity index (χ4n) is 2.76. The number of nitrogens with zero attached hydrogens (tertiary/aromatic N) is 5. The Morgan fingerprint density at radius 2 is 2.00 bits per heavy atom. The summed E-state index contributed by atoms with van der Waals surface area (Å²) in [6.45, 7) is 4.64. The fraction of sp³-hybridized carbons (Fsp3) is 0.267. The van der Waals surface area contributed by atoms with Crippen LogP contribution < -0.4 is 0 Å². The third kappa shape index (κ3) is 1.88. The third-order valence-corrected chi connectivity index (χ3v) is 3.99. The van der Waals surface area contributed by atoms with Crippen LogP contribution in [0.3, 0.4) is 0 Å². The van der Waals surface area contributed by atoms with Gasteiger partial charge in [0.15, 0.2) is 0 Å². The second kappa shape index (κ2) is 4.70. The first-order valence-electron chi connectivity index (χ1n) is 6.38. The van der Waals surface area contributed by atoms with Gasteiger partial charge in [-0.05, 0) is 32.0 Å².